The van der Waals surface area contributed by atoms with Crippen LogP contribution in [0.1, 0.15) is 26.2 Å². The Kier molecular flexibility index (Phi) is 2.75. The first-order valence-corrected chi connectivity index (χ1v) is 7.80. The zero-order valence-electron chi connectivity index (χ0n) is 9.02. The zero-order valence-corrected chi connectivity index (χ0v) is 10.7. The summed E-state index contributed by atoms with van der Waals surface area (Å²) in [6, 6.07) is 0. The van der Waals surface area contributed by atoms with E-state index in [4.69, 9.17) is 0 Å². The molecule has 1 saturated heterocycles. The normalized spacial score (nSPS) is 32.6. The fourth-order valence-corrected chi connectivity index (χ4v) is 4.76. The van der Waals surface area contributed by atoms with Crippen LogP contribution in [-0.2, 0) is 14.8 Å². The van der Waals surface area contributed by atoms with Crippen molar-refractivity contribution in [3.05, 3.63) is 0 Å². The summed E-state index contributed by atoms with van der Waals surface area (Å²) in [5, 5.41) is 9.17. The molecular formula is C9H15NO4S2. The van der Waals surface area contributed by atoms with Crippen molar-refractivity contribution in [1.29, 1.82) is 0 Å². The van der Waals surface area contributed by atoms with Gasteiger partial charge in [-0.3, -0.25) is 4.79 Å². The molecule has 2 fully saturated rings. The molecule has 0 aromatic rings. The third-order valence-electron chi connectivity index (χ3n) is 3.36. The number of sulfonamides is 1. The van der Waals surface area contributed by atoms with Crippen molar-refractivity contribution >= 4 is 27.8 Å². The fraction of sp³-hybridized carbons (Fsp3) is 0.889. The first kappa shape index (κ1) is 12.2. The Labute approximate surface area is 99.0 Å². The standard InChI is InChI=1S/C9H15NO4S2/c1-8(2-3-8)16(13,14)10-9(7(11)12)4-5-15-6-9/h10H,2-6H2,1H3,(H,11,12). The summed E-state index contributed by atoms with van der Waals surface area (Å²) >= 11 is 1.47. The van der Waals surface area contributed by atoms with Crippen LogP contribution in [-0.4, -0.2) is 41.3 Å². The van der Waals surface area contributed by atoms with E-state index in [1.54, 1.807) is 6.92 Å². The van der Waals surface area contributed by atoms with Crippen LogP contribution in [0.25, 0.3) is 0 Å². The molecule has 1 atom stereocenters. The van der Waals surface area contributed by atoms with Crippen LogP contribution in [0.15, 0.2) is 0 Å². The van der Waals surface area contributed by atoms with Crippen LogP contribution in [0.5, 0.6) is 0 Å². The molecule has 1 unspecified atom stereocenters. The predicted octanol–water partition coefficient (Wildman–Crippen LogP) is 0.419. The molecule has 1 aliphatic carbocycles. The Morgan fingerprint density at radius 1 is 1.38 bits per heavy atom. The SMILES string of the molecule is CC1(S(=O)(=O)NC2(C(=O)O)CCSC2)CC1. The Morgan fingerprint density at radius 2 is 2.00 bits per heavy atom. The van der Waals surface area contributed by atoms with Gasteiger partial charge in [0.1, 0.15) is 5.54 Å². The molecule has 0 aromatic heterocycles. The number of thioether (sulfide) groups is 1. The Hall–Kier alpha value is -0.270. The van der Waals surface area contributed by atoms with Gasteiger partial charge in [-0.1, -0.05) is 0 Å². The molecule has 1 heterocycles. The number of carbonyl (C=O) groups is 1. The molecule has 1 aliphatic heterocycles. The second-order valence-corrected chi connectivity index (χ2v) is 8.05. The summed E-state index contributed by atoms with van der Waals surface area (Å²) in [5.41, 5.74) is -1.28. The minimum absolute atomic E-state index is 0.317. The molecule has 0 aromatic carbocycles. The topological polar surface area (TPSA) is 83.5 Å². The summed E-state index contributed by atoms with van der Waals surface area (Å²) in [5.74, 6) is -0.0614. The van der Waals surface area contributed by atoms with Crippen molar-refractivity contribution in [2.45, 2.75) is 36.5 Å². The quantitative estimate of drug-likeness (QED) is 0.769. The lowest BCUT2D eigenvalue weighted by molar-refractivity contribution is -0.142. The van der Waals surface area contributed by atoms with E-state index in [-0.39, 0.29) is 0 Å². The van der Waals surface area contributed by atoms with Crippen molar-refractivity contribution in [3.8, 4) is 0 Å². The van der Waals surface area contributed by atoms with E-state index in [0.717, 1.165) is 0 Å². The molecule has 2 N–H and O–H groups in total. The molecule has 2 rings (SSSR count). The zero-order chi connectivity index (χ0) is 12.0. The van der Waals surface area contributed by atoms with Gasteiger partial charge in [0.15, 0.2) is 0 Å². The van der Waals surface area contributed by atoms with Gasteiger partial charge in [-0.15, -0.1) is 0 Å². The Morgan fingerprint density at radius 3 is 2.38 bits per heavy atom. The van der Waals surface area contributed by atoms with Crippen LogP contribution in [0, 0.1) is 0 Å². The van der Waals surface area contributed by atoms with Crippen LogP contribution < -0.4 is 4.72 Å². The second-order valence-electron chi connectivity index (χ2n) is 4.75. The summed E-state index contributed by atoms with van der Waals surface area (Å²) < 4.78 is 25.7. The maximum atomic E-state index is 12.0. The minimum Gasteiger partial charge on any atom is -0.480 e. The maximum Gasteiger partial charge on any atom is 0.325 e. The van der Waals surface area contributed by atoms with E-state index in [0.29, 0.717) is 30.8 Å². The lowest BCUT2D eigenvalue weighted by Crippen LogP contribution is -2.56. The molecule has 1 saturated carbocycles. The third-order valence-corrected chi connectivity index (χ3v) is 6.92. The highest BCUT2D eigenvalue weighted by Gasteiger charge is 2.55. The van der Waals surface area contributed by atoms with Crippen LogP contribution >= 0.6 is 11.8 Å². The molecule has 92 valence electrons. The van der Waals surface area contributed by atoms with E-state index >= 15 is 0 Å². The van der Waals surface area contributed by atoms with E-state index in [2.05, 4.69) is 4.72 Å². The van der Waals surface area contributed by atoms with Crippen LogP contribution in [0.3, 0.4) is 0 Å². The van der Waals surface area contributed by atoms with Crippen molar-refractivity contribution in [1.82, 2.24) is 4.72 Å². The first-order valence-electron chi connectivity index (χ1n) is 5.16. The van der Waals surface area contributed by atoms with Crippen LogP contribution in [0.2, 0.25) is 0 Å². The Balaban J connectivity index is 2.22. The number of aliphatic carboxylic acids is 1. The average molecular weight is 265 g/mol. The van der Waals surface area contributed by atoms with Gasteiger partial charge in [-0.05, 0) is 31.9 Å². The largest absolute Gasteiger partial charge is 0.480 e. The molecular weight excluding hydrogens is 250 g/mol. The second kappa shape index (κ2) is 3.61. The summed E-state index contributed by atoms with van der Waals surface area (Å²) in [7, 11) is -3.52. The van der Waals surface area contributed by atoms with Gasteiger partial charge < -0.3 is 5.11 Å². The predicted molar refractivity (Wildman–Crippen MR) is 62.0 cm³/mol. The van der Waals surface area contributed by atoms with Crippen molar-refractivity contribution < 1.29 is 18.3 Å². The van der Waals surface area contributed by atoms with E-state index < -0.39 is 26.3 Å². The number of nitrogens with one attached hydrogen (secondary N) is 1. The lowest BCUT2D eigenvalue weighted by Gasteiger charge is -2.26. The van der Waals surface area contributed by atoms with E-state index in [1.807, 2.05) is 0 Å². The Bertz CT molecular complexity index is 407. The highest BCUT2D eigenvalue weighted by molar-refractivity contribution is 7.99. The third kappa shape index (κ3) is 1.84. The lowest BCUT2D eigenvalue weighted by atomic mass is 10.0. The molecule has 16 heavy (non-hydrogen) atoms. The van der Waals surface area contributed by atoms with Gasteiger partial charge in [0, 0.05) is 5.75 Å². The van der Waals surface area contributed by atoms with Gasteiger partial charge in [-0.25, -0.2) is 8.42 Å². The highest BCUT2D eigenvalue weighted by Crippen LogP contribution is 2.43. The van der Waals surface area contributed by atoms with Crippen LogP contribution in [0.4, 0.5) is 0 Å². The molecule has 5 nitrogen and oxygen atoms in total. The summed E-state index contributed by atoms with van der Waals surface area (Å²) in [6.07, 6.45) is 1.60. The highest BCUT2D eigenvalue weighted by atomic mass is 32.2. The number of carboxylic acids is 1. The van der Waals surface area contributed by atoms with Gasteiger partial charge >= 0.3 is 5.97 Å². The molecule has 2 aliphatic rings. The van der Waals surface area contributed by atoms with E-state index in [9.17, 15) is 18.3 Å². The summed E-state index contributed by atoms with van der Waals surface area (Å²) in [6.45, 7) is 1.66. The van der Waals surface area contributed by atoms with Gasteiger partial charge in [0.05, 0.1) is 4.75 Å². The first-order chi connectivity index (χ1) is 7.31. The van der Waals surface area contributed by atoms with Crippen molar-refractivity contribution in [3.63, 3.8) is 0 Å². The van der Waals surface area contributed by atoms with E-state index in [1.165, 1.54) is 11.8 Å². The van der Waals surface area contributed by atoms with Crippen molar-refractivity contribution in [2.75, 3.05) is 11.5 Å². The monoisotopic (exact) mass is 265 g/mol. The molecule has 7 heteroatoms. The number of rotatable bonds is 4. The van der Waals surface area contributed by atoms with Gasteiger partial charge in [0.25, 0.3) is 0 Å². The molecule has 0 spiro atoms. The molecule has 0 amide bonds. The number of carboxylic acid groups (broad SMARTS) is 1. The molecule has 0 radical (unpaired) electrons. The number of hydrogen-bond acceptors (Lipinski definition) is 4. The molecule has 0 bridgehead atoms. The van der Waals surface area contributed by atoms with Crippen molar-refractivity contribution in [2.24, 2.45) is 0 Å². The fourth-order valence-electron chi connectivity index (χ4n) is 1.68. The summed E-state index contributed by atoms with van der Waals surface area (Å²) in [4.78, 5) is 11.2. The van der Waals surface area contributed by atoms with Gasteiger partial charge in [0.2, 0.25) is 10.0 Å². The maximum absolute atomic E-state index is 12.0. The minimum atomic E-state index is -3.52. The van der Waals surface area contributed by atoms with Gasteiger partial charge in [-0.2, -0.15) is 16.5 Å². The number of hydrogen-bond donors (Lipinski definition) is 2. The smallest absolute Gasteiger partial charge is 0.325 e. The average Bonchev–Trinajstić information content (AvgIpc) is 2.77.